The number of carbonyl (C=O) groups is 2. The molecule has 0 aliphatic carbocycles. The van der Waals surface area contributed by atoms with Crippen molar-refractivity contribution in [1.82, 2.24) is 4.98 Å². The molecule has 252 valence electrons. The molecule has 50 heavy (non-hydrogen) atoms. The fourth-order valence-corrected chi connectivity index (χ4v) is 6.78. The molecule has 8 nitrogen and oxygen atoms in total. The van der Waals surface area contributed by atoms with Crippen molar-refractivity contribution >= 4 is 51.5 Å². The lowest BCUT2D eigenvalue weighted by atomic mass is 10.0. The molecule has 5 aromatic carbocycles. The molecule has 6 aromatic rings. The molecule has 0 atom stereocenters. The number of hydrogen-bond acceptors (Lipinski definition) is 7. The van der Waals surface area contributed by atoms with E-state index in [0.717, 1.165) is 62.3 Å². The maximum Gasteiger partial charge on any atom is 0.255 e. The predicted molar refractivity (Wildman–Crippen MR) is 202 cm³/mol. The first-order valence-electron chi connectivity index (χ1n) is 16.3. The number of pyridine rings is 1. The molecule has 0 aliphatic rings. The number of primary amides is 1. The number of carbonyl (C=O) groups excluding carboxylic acids is 2. The molecular weight excluding hydrogens is 645 g/mol. The summed E-state index contributed by atoms with van der Waals surface area (Å²) in [7, 11) is 1.60. The minimum atomic E-state index is -0.589. The Labute approximate surface area is 295 Å². The number of nitrogens with one attached hydrogen (secondary N) is 2. The Morgan fingerprint density at radius 3 is 2.30 bits per heavy atom. The molecule has 0 unspecified atom stereocenters. The summed E-state index contributed by atoms with van der Waals surface area (Å²) in [6.45, 7) is 2.20. The lowest BCUT2D eigenvalue weighted by Crippen LogP contribution is -2.14. The Morgan fingerprint density at radius 2 is 1.58 bits per heavy atom. The number of amides is 2. The minimum Gasteiger partial charge on any atom is -0.497 e. The van der Waals surface area contributed by atoms with Gasteiger partial charge in [0.25, 0.3) is 11.8 Å². The van der Waals surface area contributed by atoms with Crippen molar-refractivity contribution < 1.29 is 19.4 Å². The largest absolute Gasteiger partial charge is 0.497 e. The second kappa shape index (κ2) is 15.7. The number of ether oxygens (including phenoxy) is 1. The van der Waals surface area contributed by atoms with E-state index in [1.807, 2.05) is 85.8 Å². The molecule has 5 N–H and O–H groups in total. The van der Waals surface area contributed by atoms with Gasteiger partial charge in [0.15, 0.2) is 0 Å². The number of unbranched alkanes of at least 4 members (excludes halogenated alkanes) is 1. The van der Waals surface area contributed by atoms with Crippen LogP contribution in [0.15, 0.2) is 125 Å². The highest BCUT2D eigenvalue weighted by Crippen LogP contribution is 2.37. The molecule has 0 saturated heterocycles. The topological polar surface area (TPSA) is 127 Å². The third-order valence-electron chi connectivity index (χ3n) is 8.38. The van der Waals surface area contributed by atoms with E-state index in [2.05, 4.69) is 39.9 Å². The third-order valence-corrected chi connectivity index (χ3v) is 9.34. The van der Waals surface area contributed by atoms with Crippen molar-refractivity contribution in [2.75, 3.05) is 24.4 Å². The monoisotopic (exact) mass is 682 g/mol. The summed E-state index contributed by atoms with van der Waals surface area (Å²) in [5.41, 5.74) is 13.7. The number of aromatic nitrogens is 1. The minimum absolute atomic E-state index is 0.206. The van der Waals surface area contributed by atoms with Crippen LogP contribution in [-0.2, 0) is 6.42 Å². The van der Waals surface area contributed by atoms with Gasteiger partial charge in [-0.25, -0.2) is 0 Å². The maximum absolute atomic E-state index is 13.3. The standard InChI is InChI=1S/C41H38N4O4S/c1-26-21-35(24-36-38(26)43-25-37(40(42)47)39(36)44-32-9-6-10-33(23-32)49-2)50-34-11-5-8-30(22-34)41(48)45-31-18-16-29(17-19-31)28-14-12-27(13-15-28)7-3-4-20-46/h5-6,8-19,21-25,46H,3-4,7,20H2,1-2H3,(H2,42,47)(H,43,44)(H,45,48). The molecule has 0 bridgehead atoms. The van der Waals surface area contributed by atoms with E-state index >= 15 is 0 Å². The number of aryl methyl sites for hydroxylation is 2. The van der Waals surface area contributed by atoms with Crippen molar-refractivity contribution in [3.63, 3.8) is 0 Å². The molecule has 1 heterocycles. The molecule has 1 aromatic heterocycles. The van der Waals surface area contributed by atoms with Crippen molar-refractivity contribution in [2.24, 2.45) is 5.73 Å². The van der Waals surface area contributed by atoms with Crippen molar-refractivity contribution in [3.8, 4) is 16.9 Å². The van der Waals surface area contributed by atoms with Gasteiger partial charge in [-0.1, -0.05) is 60.3 Å². The van der Waals surface area contributed by atoms with Crippen LogP contribution in [0.3, 0.4) is 0 Å². The van der Waals surface area contributed by atoms with E-state index in [1.54, 1.807) is 13.2 Å². The van der Waals surface area contributed by atoms with Gasteiger partial charge in [-0.3, -0.25) is 14.6 Å². The Morgan fingerprint density at radius 1 is 0.840 bits per heavy atom. The quantitative estimate of drug-likeness (QED) is 0.0897. The van der Waals surface area contributed by atoms with Crippen LogP contribution in [0.5, 0.6) is 5.75 Å². The van der Waals surface area contributed by atoms with Crippen LogP contribution in [0.2, 0.25) is 0 Å². The van der Waals surface area contributed by atoms with Gasteiger partial charge in [0.2, 0.25) is 0 Å². The van der Waals surface area contributed by atoms with Crippen LogP contribution < -0.4 is 21.1 Å². The van der Waals surface area contributed by atoms with Gasteiger partial charge in [0.05, 0.1) is 23.9 Å². The Balaban J connectivity index is 1.19. The zero-order valence-corrected chi connectivity index (χ0v) is 28.7. The van der Waals surface area contributed by atoms with E-state index in [4.69, 9.17) is 15.6 Å². The first-order valence-corrected chi connectivity index (χ1v) is 17.2. The summed E-state index contributed by atoms with van der Waals surface area (Å²) in [5, 5.41) is 16.1. The number of rotatable bonds is 13. The molecule has 9 heteroatoms. The van der Waals surface area contributed by atoms with Gasteiger partial charge in [-0.15, -0.1) is 0 Å². The van der Waals surface area contributed by atoms with Crippen LogP contribution in [0.4, 0.5) is 17.1 Å². The summed E-state index contributed by atoms with van der Waals surface area (Å²) in [6, 6.07) is 35.2. The van der Waals surface area contributed by atoms with Gasteiger partial charge in [0, 0.05) is 51.0 Å². The Bertz CT molecular complexity index is 2150. The summed E-state index contributed by atoms with van der Waals surface area (Å²) < 4.78 is 5.38. The molecule has 6 rings (SSSR count). The molecule has 0 aliphatic heterocycles. The summed E-state index contributed by atoms with van der Waals surface area (Å²) >= 11 is 1.51. The fraction of sp³-hybridized carbons (Fsp3) is 0.146. The number of anilines is 3. The normalized spacial score (nSPS) is 10.9. The number of methoxy groups -OCH3 is 1. The lowest BCUT2D eigenvalue weighted by Gasteiger charge is -2.16. The number of aliphatic hydroxyl groups excluding tert-OH is 1. The average Bonchev–Trinajstić information content (AvgIpc) is 3.13. The van der Waals surface area contributed by atoms with Crippen molar-refractivity contribution in [3.05, 3.63) is 138 Å². The van der Waals surface area contributed by atoms with E-state index in [1.165, 1.54) is 23.5 Å². The second-order valence-corrected chi connectivity index (χ2v) is 13.1. The fourth-order valence-electron chi connectivity index (χ4n) is 5.76. The average molecular weight is 683 g/mol. The van der Waals surface area contributed by atoms with E-state index in [9.17, 15) is 9.59 Å². The SMILES string of the molecule is COc1cccc(Nc2c(C(N)=O)cnc3c(C)cc(Sc4cccc(C(=O)Nc5ccc(-c6ccc(CCCCO)cc6)cc5)c4)cc23)c1. The number of nitrogens with zero attached hydrogens (tertiary/aromatic N) is 1. The first kappa shape index (κ1) is 34.2. The van der Waals surface area contributed by atoms with Gasteiger partial charge in [-0.2, -0.15) is 0 Å². The molecule has 0 saturated carbocycles. The van der Waals surface area contributed by atoms with Gasteiger partial charge in [0.1, 0.15) is 5.75 Å². The first-order chi connectivity index (χ1) is 24.3. The Kier molecular flexibility index (Phi) is 10.8. The van der Waals surface area contributed by atoms with E-state index in [-0.39, 0.29) is 18.1 Å². The highest BCUT2D eigenvalue weighted by molar-refractivity contribution is 7.99. The third kappa shape index (κ3) is 8.14. The summed E-state index contributed by atoms with van der Waals surface area (Å²) in [5.74, 6) is -0.119. The van der Waals surface area contributed by atoms with Gasteiger partial charge >= 0.3 is 0 Å². The maximum atomic E-state index is 13.3. The van der Waals surface area contributed by atoms with Crippen molar-refractivity contribution in [1.29, 1.82) is 0 Å². The number of aliphatic hydroxyl groups is 1. The Hall–Kier alpha value is -5.64. The highest BCUT2D eigenvalue weighted by atomic mass is 32.2. The number of benzene rings is 5. The zero-order chi connectivity index (χ0) is 35.0. The number of nitrogens with two attached hydrogens (primary N) is 1. The van der Waals surface area contributed by atoms with Gasteiger partial charge in [-0.05, 0) is 103 Å². The molecular formula is C41H38N4O4S. The zero-order valence-electron chi connectivity index (χ0n) is 27.9. The van der Waals surface area contributed by atoms with Crippen LogP contribution in [0.25, 0.3) is 22.0 Å². The predicted octanol–water partition coefficient (Wildman–Crippen LogP) is 8.78. The van der Waals surface area contributed by atoms with Crippen LogP contribution in [0.1, 0.15) is 44.7 Å². The molecule has 0 spiro atoms. The van der Waals surface area contributed by atoms with Gasteiger partial charge < -0.3 is 26.2 Å². The van der Waals surface area contributed by atoms with Crippen molar-refractivity contribution in [2.45, 2.75) is 36.0 Å². The van der Waals surface area contributed by atoms with Crippen LogP contribution >= 0.6 is 11.8 Å². The molecule has 0 radical (unpaired) electrons. The second-order valence-electron chi connectivity index (χ2n) is 11.9. The molecule has 0 fully saturated rings. The smallest absolute Gasteiger partial charge is 0.255 e. The number of fused-ring (bicyclic) bond motifs is 1. The van der Waals surface area contributed by atoms with E-state index < -0.39 is 5.91 Å². The van der Waals surface area contributed by atoms with E-state index in [0.29, 0.717) is 22.7 Å². The van der Waals surface area contributed by atoms with Crippen LogP contribution in [-0.4, -0.2) is 35.6 Å². The summed E-state index contributed by atoms with van der Waals surface area (Å²) in [4.78, 5) is 32.1. The summed E-state index contributed by atoms with van der Waals surface area (Å²) in [6.07, 6.45) is 4.23. The number of hydrogen-bond donors (Lipinski definition) is 4. The van der Waals surface area contributed by atoms with Crippen LogP contribution in [0, 0.1) is 6.92 Å². The highest BCUT2D eigenvalue weighted by Gasteiger charge is 2.17. The lowest BCUT2D eigenvalue weighted by molar-refractivity contribution is 0.0998. The molecule has 2 amide bonds.